The third kappa shape index (κ3) is 3.50. The van der Waals surface area contributed by atoms with Crippen LogP contribution >= 0.6 is 11.6 Å². The minimum atomic E-state index is -0.570. The van der Waals surface area contributed by atoms with E-state index in [4.69, 9.17) is 16.3 Å². The molecule has 0 radical (unpaired) electrons. The fraction of sp³-hybridized carbons (Fsp3) is 0.0476. The van der Waals surface area contributed by atoms with E-state index < -0.39 is 5.97 Å². The smallest absolute Gasteiger partial charge is 0.363 e. The average Bonchev–Trinajstić information content (AvgIpc) is 3.28. The van der Waals surface area contributed by atoms with E-state index in [1.54, 1.807) is 36.5 Å². The first-order valence-electron chi connectivity index (χ1n) is 8.46. The van der Waals surface area contributed by atoms with Crippen LogP contribution in [-0.4, -0.2) is 27.6 Å². The normalized spacial score (nSPS) is 14.9. The predicted octanol–water partition coefficient (Wildman–Crippen LogP) is 4.21. The number of aliphatic imine (C=N–C) groups is 1. The summed E-state index contributed by atoms with van der Waals surface area (Å²) in [5.74, 6) is -0.603. The lowest BCUT2D eigenvalue weighted by Crippen LogP contribution is -2.05. The summed E-state index contributed by atoms with van der Waals surface area (Å²) in [6.07, 6.45) is 3.14. The van der Waals surface area contributed by atoms with E-state index in [1.165, 1.54) is 11.6 Å². The summed E-state index contributed by atoms with van der Waals surface area (Å²) in [5, 5.41) is 4.92. The van der Waals surface area contributed by atoms with Crippen LogP contribution in [0.3, 0.4) is 0 Å². The molecular formula is C21H14ClN3O3. The molecule has 0 unspecified atom stereocenters. The first-order valence-corrected chi connectivity index (χ1v) is 8.83. The van der Waals surface area contributed by atoms with Crippen molar-refractivity contribution >= 4 is 35.5 Å². The SMILES string of the molecule is CC(=O)n1cc(C=C2N=C(c3ccc(Cl)cc3)OC2=O)c(-c2ccccc2)n1. The molecule has 6 nitrogen and oxygen atoms in total. The molecule has 0 fully saturated rings. The van der Waals surface area contributed by atoms with Gasteiger partial charge in [0.1, 0.15) is 5.69 Å². The highest BCUT2D eigenvalue weighted by Crippen LogP contribution is 2.26. The quantitative estimate of drug-likeness (QED) is 0.495. The maximum absolute atomic E-state index is 12.3. The van der Waals surface area contributed by atoms with Crippen molar-refractivity contribution in [3.63, 3.8) is 0 Å². The molecule has 0 bridgehead atoms. The summed E-state index contributed by atoms with van der Waals surface area (Å²) in [6.45, 7) is 1.42. The second-order valence-corrected chi connectivity index (χ2v) is 6.54. The first-order chi connectivity index (χ1) is 13.5. The van der Waals surface area contributed by atoms with Crippen LogP contribution in [0, 0.1) is 0 Å². The Morgan fingerprint density at radius 3 is 2.46 bits per heavy atom. The lowest BCUT2D eigenvalue weighted by molar-refractivity contribution is -0.129. The zero-order valence-electron chi connectivity index (χ0n) is 14.8. The number of carbonyl (C=O) groups is 2. The van der Waals surface area contributed by atoms with E-state index in [0.717, 1.165) is 5.56 Å². The second kappa shape index (κ2) is 7.25. The second-order valence-electron chi connectivity index (χ2n) is 6.11. The number of aromatic nitrogens is 2. The predicted molar refractivity (Wildman–Crippen MR) is 106 cm³/mol. The zero-order chi connectivity index (χ0) is 19.7. The molecule has 4 rings (SSSR count). The van der Waals surface area contributed by atoms with Gasteiger partial charge in [0.15, 0.2) is 5.70 Å². The average molecular weight is 392 g/mol. The molecule has 1 aliphatic rings. The third-order valence-electron chi connectivity index (χ3n) is 4.12. The maximum atomic E-state index is 12.3. The molecule has 0 saturated carbocycles. The Bertz CT molecular complexity index is 1130. The van der Waals surface area contributed by atoms with Crippen LogP contribution in [0.5, 0.6) is 0 Å². The van der Waals surface area contributed by atoms with Crippen molar-refractivity contribution in [1.82, 2.24) is 9.78 Å². The Balaban J connectivity index is 1.77. The van der Waals surface area contributed by atoms with Gasteiger partial charge in [-0.3, -0.25) is 4.79 Å². The van der Waals surface area contributed by atoms with E-state index >= 15 is 0 Å². The molecule has 2 heterocycles. The number of carbonyl (C=O) groups excluding carboxylic acids is 2. The van der Waals surface area contributed by atoms with Crippen molar-refractivity contribution in [2.24, 2.45) is 4.99 Å². The molecule has 0 aliphatic carbocycles. The lowest BCUT2D eigenvalue weighted by Gasteiger charge is -1.98. The molecule has 138 valence electrons. The van der Waals surface area contributed by atoms with Gasteiger partial charge in [-0.2, -0.15) is 5.10 Å². The fourth-order valence-corrected chi connectivity index (χ4v) is 2.87. The highest BCUT2D eigenvalue weighted by atomic mass is 35.5. The van der Waals surface area contributed by atoms with Crippen molar-refractivity contribution in [3.05, 3.63) is 82.6 Å². The highest BCUT2D eigenvalue weighted by molar-refractivity contribution is 6.30. The van der Waals surface area contributed by atoms with E-state index in [1.807, 2.05) is 30.3 Å². The number of esters is 1. The Kier molecular flexibility index (Phi) is 4.63. The molecule has 1 aliphatic heterocycles. The van der Waals surface area contributed by atoms with Crippen LogP contribution in [0.4, 0.5) is 0 Å². The van der Waals surface area contributed by atoms with Gasteiger partial charge in [-0.1, -0.05) is 41.9 Å². The number of halogens is 1. The Morgan fingerprint density at radius 1 is 1.07 bits per heavy atom. The molecule has 0 saturated heterocycles. The number of cyclic esters (lactones) is 1. The van der Waals surface area contributed by atoms with E-state index in [-0.39, 0.29) is 17.5 Å². The summed E-state index contributed by atoms with van der Waals surface area (Å²) in [4.78, 5) is 28.3. The van der Waals surface area contributed by atoms with E-state index in [0.29, 0.717) is 21.8 Å². The van der Waals surface area contributed by atoms with Crippen LogP contribution < -0.4 is 0 Å². The first kappa shape index (κ1) is 17.9. The minimum absolute atomic E-state index is 0.130. The highest BCUT2D eigenvalue weighted by Gasteiger charge is 2.25. The van der Waals surface area contributed by atoms with E-state index in [2.05, 4.69) is 10.1 Å². The Morgan fingerprint density at radius 2 is 1.79 bits per heavy atom. The van der Waals surface area contributed by atoms with Crippen LogP contribution in [-0.2, 0) is 9.53 Å². The molecule has 1 aromatic heterocycles. The van der Waals surface area contributed by atoms with Gasteiger partial charge in [0.05, 0.1) is 0 Å². The van der Waals surface area contributed by atoms with Crippen LogP contribution in [0.2, 0.25) is 5.02 Å². The number of hydrogen-bond acceptors (Lipinski definition) is 5. The topological polar surface area (TPSA) is 73.6 Å². The Hall–Kier alpha value is -3.51. The molecule has 0 atom stereocenters. The van der Waals surface area contributed by atoms with Crippen molar-refractivity contribution in [1.29, 1.82) is 0 Å². The molecule has 0 N–H and O–H groups in total. The summed E-state index contributed by atoms with van der Waals surface area (Å²) in [7, 11) is 0. The zero-order valence-corrected chi connectivity index (χ0v) is 15.6. The van der Waals surface area contributed by atoms with Crippen molar-refractivity contribution in [3.8, 4) is 11.3 Å². The molecule has 0 amide bonds. The lowest BCUT2D eigenvalue weighted by atomic mass is 10.1. The number of ether oxygens (including phenoxy) is 1. The summed E-state index contributed by atoms with van der Waals surface area (Å²) < 4.78 is 6.51. The maximum Gasteiger partial charge on any atom is 0.363 e. The van der Waals surface area contributed by atoms with Crippen molar-refractivity contribution in [2.75, 3.05) is 0 Å². The molecule has 28 heavy (non-hydrogen) atoms. The number of hydrogen-bond donors (Lipinski definition) is 0. The van der Waals surface area contributed by atoms with Crippen LogP contribution in [0.1, 0.15) is 22.8 Å². The standard InChI is InChI=1S/C21H14ClN3O3/c1-13(26)25-12-16(19(24-25)14-5-3-2-4-6-14)11-18-21(27)28-20(23-18)15-7-9-17(22)10-8-15/h2-12H,1H3. The number of nitrogens with zero attached hydrogens (tertiary/aromatic N) is 3. The molecular weight excluding hydrogens is 378 g/mol. The summed E-state index contributed by atoms with van der Waals surface area (Å²) in [5.41, 5.74) is 2.76. The van der Waals surface area contributed by atoms with Crippen LogP contribution in [0.15, 0.2) is 71.5 Å². The largest absolute Gasteiger partial charge is 0.402 e. The third-order valence-corrected chi connectivity index (χ3v) is 4.37. The van der Waals surface area contributed by atoms with Gasteiger partial charge in [0.25, 0.3) is 0 Å². The number of rotatable bonds is 3. The van der Waals surface area contributed by atoms with Gasteiger partial charge < -0.3 is 4.74 Å². The van der Waals surface area contributed by atoms with E-state index in [9.17, 15) is 9.59 Å². The van der Waals surface area contributed by atoms with Crippen molar-refractivity contribution < 1.29 is 14.3 Å². The van der Waals surface area contributed by atoms with Gasteiger partial charge in [0, 0.05) is 34.8 Å². The Labute approximate surface area is 165 Å². The fourth-order valence-electron chi connectivity index (χ4n) is 2.75. The van der Waals surface area contributed by atoms with Gasteiger partial charge >= 0.3 is 5.97 Å². The monoisotopic (exact) mass is 391 g/mol. The molecule has 3 aromatic rings. The van der Waals surface area contributed by atoms with Gasteiger partial charge in [0.2, 0.25) is 11.8 Å². The molecule has 2 aromatic carbocycles. The molecule has 7 heteroatoms. The number of benzene rings is 2. The van der Waals surface area contributed by atoms with Gasteiger partial charge in [-0.25, -0.2) is 14.5 Å². The van der Waals surface area contributed by atoms with Crippen LogP contribution in [0.25, 0.3) is 17.3 Å². The van der Waals surface area contributed by atoms with Gasteiger partial charge in [-0.05, 0) is 30.3 Å². The van der Waals surface area contributed by atoms with Gasteiger partial charge in [-0.15, -0.1) is 0 Å². The van der Waals surface area contributed by atoms with Crippen molar-refractivity contribution in [2.45, 2.75) is 6.92 Å². The summed E-state index contributed by atoms with van der Waals surface area (Å²) in [6, 6.07) is 16.2. The molecule has 0 spiro atoms. The minimum Gasteiger partial charge on any atom is -0.402 e. The summed E-state index contributed by atoms with van der Waals surface area (Å²) >= 11 is 5.89.